The highest BCUT2D eigenvalue weighted by atomic mass is 35.5. The lowest BCUT2D eigenvalue weighted by Gasteiger charge is -2.47. The standard InChI is InChI=1S/C24H22ClF4N3O4/c1-32-20(33)22(31-24(32,30)36-21(34)23(27,28)29)16-4-2-3-5-18(16)35-19-7-6-12(10-17(19)22)13-8-14(25)11-15(26)9-13/h6-11,16,18,31H,2-5,30H2,1H3. The van der Waals surface area contributed by atoms with Crippen LogP contribution in [0, 0.1) is 11.7 Å². The maximum atomic E-state index is 14.1. The number of hydrogen-bond acceptors (Lipinski definition) is 6. The van der Waals surface area contributed by atoms with E-state index in [1.54, 1.807) is 24.3 Å². The third-order valence-electron chi connectivity index (χ3n) is 7.13. The number of carbonyl (C=O) groups excluding carboxylic acids is 2. The Morgan fingerprint density at radius 3 is 2.61 bits per heavy atom. The van der Waals surface area contributed by atoms with Crippen molar-refractivity contribution in [3.8, 4) is 16.9 Å². The molecular weight excluding hydrogens is 506 g/mol. The molecule has 4 atom stereocenters. The van der Waals surface area contributed by atoms with Crippen LogP contribution < -0.4 is 15.8 Å². The molecule has 2 heterocycles. The smallest absolute Gasteiger partial charge is 0.490 e. The van der Waals surface area contributed by atoms with Crippen LogP contribution >= 0.6 is 11.6 Å². The van der Waals surface area contributed by atoms with Crippen molar-refractivity contribution in [1.82, 2.24) is 10.2 Å². The van der Waals surface area contributed by atoms with Gasteiger partial charge in [0.05, 0.1) is 0 Å². The third-order valence-corrected chi connectivity index (χ3v) is 7.35. The van der Waals surface area contributed by atoms with Crippen LogP contribution in [-0.4, -0.2) is 42.1 Å². The van der Waals surface area contributed by atoms with Gasteiger partial charge >= 0.3 is 18.1 Å². The number of nitrogens with zero attached hydrogens (tertiary/aromatic N) is 1. The van der Waals surface area contributed by atoms with E-state index >= 15 is 0 Å². The molecule has 3 aliphatic rings. The van der Waals surface area contributed by atoms with E-state index in [9.17, 15) is 27.2 Å². The summed E-state index contributed by atoms with van der Waals surface area (Å²) in [5, 5.41) is 2.94. The number of nitrogens with one attached hydrogen (secondary N) is 1. The molecule has 7 nitrogen and oxygen atoms in total. The van der Waals surface area contributed by atoms with Crippen molar-refractivity contribution in [2.24, 2.45) is 11.7 Å². The summed E-state index contributed by atoms with van der Waals surface area (Å²) in [6, 6.07) is 8.84. The number of fused-ring (bicyclic) bond motifs is 4. The first kappa shape index (κ1) is 24.8. The van der Waals surface area contributed by atoms with E-state index in [0.717, 1.165) is 30.9 Å². The Kier molecular flexibility index (Phi) is 5.73. The summed E-state index contributed by atoms with van der Waals surface area (Å²) < 4.78 is 63.9. The average molecular weight is 528 g/mol. The van der Waals surface area contributed by atoms with Crippen molar-refractivity contribution >= 4 is 23.5 Å². The van der Waals surface area contributed by atoms with Crippen LogP contribution in [0.1, 0.15) is 31.2 Å². The van der Waals surface area contributed by atoms with Crippen LogP contribution in [0.25, 0.3) is 11.1 Å². The summed E-state index contributed by atoms with van der Waals surface area (Å²) in [5.41, 5.74) is 5.67. The van der Waals surface area contributed by atoms with Gasteiger partial charge in [0.25, 0.3) is 5.91 Å². The number of alkyl halides is 3. The number of esters is 1. The number of rotatable bonds is 2. The summed E-state index contributed by atoms with van der Waals surface area (Å²) in [4.78, 5) is 26.3. The van der Waals surface area contributed by atoms with Crippen LogP contribution in [0.15, 0.2) is 36.4 Å². The fourth-order valence-electron chi connectivity index (χ4n) is 5.50. The van der Waals surface area contributed by atoms with E-state index in [0.29, 0.717) is 35.3 Å². The summed E-state index contributed by atoms with van der Waals surface area (Å²) in [5.74, 6) is -6.54. The van der Waals surface area contributed by atoms with Crippen molar-refractivity contribution < 1.29 is 36.6 Å². The van der Waals surface area contributed by atoms with Crippen molar-refractivity contribution in [2.75, 3.05) is 7.05 Å². The molecular formula is C24H22ClF4N3O4. The Bertz CT molecular complexity index is 1240. The highest BCUT2D eigenvalue weighted by Crippen LogP contribution is 2.53. The highest BCUT2D eigenvalue weighted by molar-refractivity contribution is 6.30. The normalized spacial score (nSPS) is 29.5. The number of carbonyl (C=O) groups is 2. The molecule has 36 heavy (non-hydrogen) atoms. The van der Waals surface area contributed by atoms with Crippen molar-refractivity contribution in [3.63, 3.8) is 0 Å². The second-order valence-electron chi connectivity index (χ2n) is 9.30. The molecule has 12 heteroatoms. The quantitative estimate of drug-likeness (QED) is 0.348. The molecule has 1 saturated carbocycles. The van der Waals surface area contributed by atoms with Gasteiger partial charge in [-0.2, -0.15) is 13.2 Å². The molecule has 192 valence electrons. The van der Waals surface area contributed by atoms with Gasteiger partial charge in [-0.05, 0) is 60.7 Å². The Morgan fingerprint density at radius 2 is 1.92 bits per heavy atom. The molecule has 2 aromatic carbocycles. The largest absolute Gasteiger partial charge is 0.491 e. The van der Waals surface area contributed by atoms with Gasteiger partial charge < -0.3 is 9.47 Å². The van der Waals surface area contributed by atoms with Gasteiger partial charge in [0, 0.05) is 23.6 Å². The van der Waals surface area contributed by atoms with Crippen LogP contribution in [0.2, 0.25) is 5.02 Å². The number of nitrogens with two attached hydrogens (primary N) is 1. The number of likely N-dealkylation sites (N-methyl/N-ethyl adjacent to an activating group) is 1. The minimum absolute atomic E-state index is 0.163. The highest BCUT2D eigenvalue weighted by Gasteiger charge is 2.67. The van der Waals surface area contributed by atoms with Crippen LogP contribution in [-0.2, 0) is 19.9 Å². The second-order valence-corrected chi connectivity index (χ2v) is 9.73. The second kappa shape index (κ2) is 8.32. The third kappa shape index (κ3) is 3.80. The van der Waals surface area contributed by atoms with Crippen molar-refractivity contribution in [1.29, 1.82) is 0 Å². The van der Waals surface area contributed by atoms with Crippen LogP contribution in [0.5, 0.6) is 5.75 Å². The summed E-state index contributed by atoms with van der Waals surface area (Å²) in [6.45, 7) is 0. The maximum Gasteiger partial charge on any atom is 0.491 e. The molecule has 1 spiro atoms. The van der Waals surface area contributed by atoms with Gasteiger partial charge in [0.2, 0.25) is 0 Å². The van der Waals surface area contributed by atoms with Gasteiger partial charge in [-0.3, -0.25) is 15.4 Å². The van der Waals surface area contributed by atoms with E-state index in [4.69, 9.17) is 22.1 Å². The number of hydrogen-bond donors (Lipinski definition) is 2. The number of halogens is 5. The van der Waals surface area contributed by atoms with Gasteiger partial charge in [0.1, 0.15) is 23.2 Å². The van der Waals surface area contributed by atoms with E-state index in [1.165, 1.54) is 6.07 Å². The monoisotopic (exact) mass is 527 g/mol. The topological polar surface area (TPSA) is 93.9 Å². The molecule has 3 N–H and O–H groups in total. The lowest BCUT2D eigenvalue weighted by molar-refractivity contribution is -0.229. The van der Waals surface area contributed by atoms with Gasteiger partial charge in [-0.25, -0.2) is 14.5 Å². The lowest BCUT2D eigenvalue weighted by atomic mass is 9.67. The zero-order chi connectivity index (χ0) is 26.0. The zero-order valence-corrected chi connectivity index (χ0v) is 19.8. The molecule has 4 unspecified atom stereocenters. The molecule has 2 aliphatic heterocycles. The molecule has 1 saturated heterocycles. The number of amides is 1. The molecule has 0 bridgehead atoms. The maximum absolute atomic E-state index is 14.1. The first-order chi connectivity index (χ1) is 16.8. The van der Waals surface area contributed by atoms with Crippen LogP contribution in [0.4, 0.5) is 17.6 Å². The SMILES string of the molecule is CN1C(=O)C2(NC1(N)OC(=O)C(F)(F)F)c1cc(-c3cc(F)cc(Cl)c3)ccc1OC1CCCCC12. The van der Waals surface area contributed by atoms with Crippen molar-refractivity contribution in [3.05, 3.63) is 52.8 Å². The van der Waals surface area contributed by atoms with Crippen molar-refractivity contribution in [2.45, 2.75) is 49.5 Å². The molecule has 2 fully saturated rings. The Balaban J connectivity index is 1.67. The molecule has 5 rings (SSSR count). The fraction of sp³-hybridized carbons (Fsp3) is 0.417. The average Bonchev–Trinajstić information content (AvgIpc) is 2.99. The van der Waals surface area contributed by atoms with E-state index in [2.05, 4.69) is 10.1 Å². The Labute approximate surface area is 208 Å². The lowest BCUT2D eigenvalue weighted by Crippen LogP contribution is -2.66. The predicted octanol–water partition coefficient (Wildman–Crippen LogP) is 4.03. The summed E-state index contributed by atoms with van der Waals surface area (Å²) in [7, 11) is 1.16. The van der Waals surface area contributed by atoms with E-state index in [-0.39, 0.29) is 5.02 Å². The Hall–Kier alpha value is -2.89. The molecule has 1 aliphatic carbocycles. The summed E-state index contributed by atoms with van der Waals surface area (Å²) >= 11 is 6.03. The minimum Gasteiger partial charge on any atom is -0.490 e. The molecule has 0 aromatic heterocycles. The van der Waals surface area contributed by atoms with E-state index in [1.807, 2.05) is 0 Å². The fourth-order valence-corrected chi connectivity index (χ4v) is 5.72. The Morgan fingerprint density at radius 1 is 1.19 bits per heavy atom. The number of benzene rings is 2. The first-order valence-corrected chi connectivity index (χ1v) is 11.7. The number of ether oxygens (including phenoxy) is 2. The molecule has 1 amide bonds. The van der Waals surface area contributed by atoms with E-state index < -0.39 is 47.4 Å². The van der Waals surface area contributed by atoms with Gasteiger partial charge in [0.15, 0.2) is 0 Å². The predicted molar refractivity (Wildman–Crippen MR) is 120 cm³/mol. The zero-order valence-electron chi connectivity index (χ0n) is 19.0. The van der Waals surface area contributed by atoms with Gasteiger partial charge in [-0.1, -0.05) is 24.1 Å². The first-order valence-electron chi connectivity index (χ1n) is 11.3. The molecule has 2 aromatic rings. The molecule has 0 radical (unpaired) electrons. The van der Waals surface area contributed by atoms with Crippen LogP contribution in [0.3, 0.4) is 0 Å². The minimum atomic E-state index is -5.32. The summed E-state index contributed by atoms with van der Waals surface area (Å²) in [6.07, 6.45) is -3.03. The van der Waals surface area contributed by atoms with Gasteiger partial charge in [-0.15, -0.1) is 0 Å².